The molecule has 1 aromatic heterocycles. The summed E-state index contributed by atoms with van der Waals surface area (Å²) in [7, 11) is 0. The van der Waals surface area contributed by atoms with Gasteiger partial charge < -0.3 is 9.52 Å². The monoisotopic (exact) mass is 325 g/mol. The van der Waals surface area contributed by atoms with E-state index in [1.54, 1.807) is 6.07 Å². The molecule has 2 saturated heterocycles. The van der Waals surface area contributed by atoms with Crippen LogP contribution in [0.5, 0.6) is 5.75 Å². The van der Waals surface area contributed by atoms with Gasteiger partial charge in [0.2, 0.25) is 0 Å². The van der Waals surface area contributed by atoms with Crippen molar-refractivity contribution in [3.8, 4) is 5.75 Å². The van der Waals surface area contributed by atoms with E-state index in [-0.39, 0.29) is 0 Å². The van der Waals surface area contributed by atoms with Crippen molar-refractivity contribution >= 4 is 11.0 Å². The predicted molar refractivity (Wildman–Crippen MR) is 95.4 cm³/mol. The Morgan fingerprint density at radius 3 is 3.00 bits per heavy atom. The van der Waals surface area contributed by atoms with Crippen molar-refractivity contribution in [2.24, 2.45) is 11.8 Å². The van der Waals surface area contributed by atoms with Crippen LogP contribution in [0.4, 0.5) is 0 Å². The summed E-state index contributed by atoms with van der Waals surface area (Å²) in [4.78, 5) is 2.80. The Hall–Kier alpha value is -1.48. The van der Waals surface area contributed by atoms with Gasteiger partial charge in [-0.3, -0.25) is 4.90 Å². The Morgan fingerprint density at radius 2 is 2.17 bits per heavy atom. The molecule has 4 bridgehead atoms. The first-order chi connectivity index (χ1) is 11.7. The van der Waals surface area contributed by atoms with Crippen LogP contribution in [0, 0.1) is 11.8 Å². The van der Waals surface area contributed by atoms with Gasteiger partial charge >= 0.3 is 0 Å². The second kappa shape index (κ2) is 5.26. The van der Waals surface area contributed by atoms with E-state index in [1.807, 2.05) is 12.1 Å². The van der Waals surface area contributed by atoms with Gasteiger partial charge in [-0.05, 0) is 62.6 Å². The fraction of sp³-hybridized carbons (Fsp3) is 0.619. The summed E-state index contributed by atoms with van der Waals surface area (Å²) in [5.74, 6) is 3.77. The highest BCUT2D eigenvalue weighted by atomic mass is 16.3. The first-order valence-electron chi connectivity index (χ1n) is 9.65. The lowest BCUT2D eigenvalue weighted by atomic mass is 9.65. The number of hydrogen-bond acceptors (Lipinski definition) is 3. The highest BCUT2D eigenvalue weighted by Gasteiger charge is 2.51. The summed E-state index contributed by atoms with van der Waals surface area (Å²) in [5.41, 5.74) is 2.32. The van der Waals surface area contributed by atoms with Crippen LogP contribution in [0.1, 0.15) is 56.8 Å². The van der Waals surface area contributed by atoms with E-state index >= 15 is 0 Å². The lowest BCUT2D eigenvalue weighted by molar-refractivity contribution is -0.0400. The van der Waals surface area contributed by atoms with Gasteiger partial charge in [0, 0.05) is 35.5 Å². The summed E-state index contributed by atoms with van der Waals surface area (Å²) in [6.07, 6.45) is 6.37. The lowest BCUT2D eigenvalue weighted by Gasteiger charge is -2.54. The van der Waals surface area contributed by atoms with Gasteiger partial charge in [0.05, 0.1) is 0 Å². The molecule has 4 aliphatic rings. The quantitative estimate of drug-likeness (QED) is 0.871. The normalized spacial score (nSPS) is 37.4. The molecule has 2 aromatic rings. The van der Waals surface area contributed by atoms with Crippen molar-refractivity contribution < 1.29 is 9.52 Å². The zero-order valence-electron chi connectivity index (χ0n) is 14.7. The molecule has 0 spiro atoms. The summed E-state index contributed by atoms with van der Waals surface area (Å²) in [5, 5.41) is 11.1. The maximum atomic E-state index is 9.94. The molecule has 4 heterocycles. The molecule has 128 valence electrons. The standard InChI is InChI=1S/C21H27NO2/c1-3-4-14-8-13-9-18-20(14)22(11-13)12(2)7-17-16-10-15(23)5-6-19(16)24-21(17)18/h5-6,10,12-14,18,20,23H,3-4,7-9,11H2,1-2H3/t12-,13+,14-,18-,20?/m1/s1. The minimum atomic E-state index is 0.344. The van der Waals surface area contributed by atoms with Crippen LogP contribution in [0.15, 0.2) is 22.6 Å². The minimum absolute atomic E-state index is 0.344. The predicted octanol–water partition coefficient (Wildman–Crippen LogP) is 4.68. The average Bonchev–Trinajstić information content (AvgIpc) is 2.89. The fourth-order valence-corrected chi connectivity index (χ4v) is 6.04. The molecule has 24 heavy (non-hydrogen) atoms. The van der Waals surface area contributed by atoms with Crippen LogP contribution >= 0.6 is 0 Å². The zero-order valence-corrected chi connectivity index (χ0v) is 14.7. The van der Waals surface area contributed by atoms with Crippen molar-refractivity contribution in [1.29, 1.82) is 0 Å². The van der Waals surface area contributed by atoms with E-state index in [0.29, 0.717) is 23.8 Å². The third-order valence-corrected chi connectivity index (χ3v) is 6.84. The first kappa shape index (κ1) is 14.8. The number of benzene rings is 1. The third-order valence-electron chi connectivity index (χ3n) is 6.84. The van der Waals surface area contributed by atoms with Gasteiger partial charge in [-0.1, -0.05) is 13.3 Å². The zero-order chi connectivity index (χ0) is 16.4. The molecule has 2 unspecified atom stereocenters. The molecule has 6 atom stereocenters. The molecular formula is C21H27NO2. The minimum Gasteiger partial charge on any atom is -0.508 e. The average molecular weight is 325 g/mol. The molecule has 0 radical (unpaired) electrons. The molecule has 3 heteroatoms. The van der Waals surface area contributed by atoms with Gasteiger partial charge in [0.25, 0.3) is 0 Å². The van der Waals surface area contributed by atoms with Crippen LogP contribution in [-0.2, 0) is 6.42 Å². The number of furan rings is 1. The molecule has 1 aromatic carbocycles. The highest BCUT2D eigenvalue weighted by molar-refractivity contribution is 5.84. The van der Waals surface area contributed by atoms with Gasteiger partial charge in [-0.25, -0.2) is 0 Å². The van der Waals surface area contributed by atoms with Crippen LogP contribution in [0.3, 0.4) is 0 Å². The van der Waals surface area contributed by atoms with E-state index in [9.17, 15) is 5.11 Å². The number of fused-ring (bicyclic) bond motifs is 4. The van der Waals surface area contributed by atoms with Crippen molar-refractivity contribution in [3.05, 3.63) is 29.5 Å². The van der Waals surface area contributed by atoms with Crippen LogP contribution < -0.4 is 0 Å². The number of nitrogens with zero attached hydrogens (tertiary/aromatic N) is 1. The summed E-state index contributed by atoms with van der Waals surface area (Å²) in [6.45, 7) is 5.98. The number of phenolic OH excluding ortho intramolecular Hbond substituents is 1. The molecule has 1 saturated carbocycles. The Kier molecular flexibility index (Phi) is 3.25. The second-order valence-corrected chi connectivity index (χ2v) is 8.36. The maximum absolute atomic E-state index is 9.94. The Bertz CT molecular complexity index is 779. The number of aromatic hydroxyl groups is 1. The topological polar surface area (TPSA) is 36.6 Å². The Balaban J connectivity index is 1.67. The van der Waals surface area contributed by atoms with E-state index in [2.05, 4.69) is 18.7 Å². The van der Waals surface area contributed by atoms with E-state index in [1.165, 1.54) is 43.6 Å². The van der Waals surface area contributed by atoms with Gasteiger partial charge in [-0.15, -0.1) is 0 Å². The second-order valence-electron chi connectivity index (χ2n) is 8.36. The number of hydrogen-bond donors (Lipinski definition) is 1. The van der Waals surface area contributed by atoms with Gasteiger partial charge in [0.15, 0.2) is 0 Å². The van der Waals surface area contributed by atoms with Crippen molar-refractivity contribution in [1.82, 2.24) is 4.90 Å². The van der Waals surface area contributed by atoms with E-state index < -0.39 is 0 Å². The highest BCUT2D eigenvalue weighted by Crippen LogP contribution is 2.53. The molecule has 3 aliphatic heterocycles. The molecule has 6 rings (SSSR count). The molecular weight excluding hydrogens is 298 g/mol. The molecule has 1 N–H and O–H groups in total. The smallest absolute Gasteiger partial charge is 0.134 e. The van der Waals surface area contributed by atoms with Crippen molar-refractivity contribution in [3.63, 3.8) is 0 Å². The molecule has 3 nitrogen and oxygen atoms in total. The third kappa shape index (κ3) is 2.00. The summed E-state index contributed by atoms with van der Waals surface area (Å²) < 4.78 is 6.40. The number of phenols is 1. The molecule has 3 fully saturated rings. The Labute approximate surface area is 143 Å². The van der Waals surface area contributed by atoms with Gasteiger partial charge in [-0.2, -0.15) is 0 Å². The largest absolute Gasteiger partial charge is 0.508 e. The van der Waals surface area contributed by atoms with Crippen LogP contribution in [0.2, 0.25) is 0 Å². The fourth-order valence-electron chi connectivity index (χ4n) is 6.04. The number of rotatable bonds is 2. The maximum Gasteiger partial charge on any atom is 0.134 e. The van der Waals surface area contributed by atoms with Gasteiger partial charge in [0.1, 0.15) is 17.1 Å². The molecule has 1 aliphatic carbocycles. The van der Waals surface area contributed by atoms with Crippen molar-refractivity contribution in [2.75, 3.05) is 6.54 Å². The van der Waals surface area contributed by atoms with Crippen molar-refractivity contribution in [2.45, 2.75) is 64.0 Å². The van der Waals surface area contributed by atoms with E-state index in [0.717, 1.165) is 29.2 Å². The van der Waals surface area contributed by atoms with E-state index in [4.69, 9.17) is 4.42 Å². The lowest BCUT2D eigenvalue weighted by Crippen LogP contribution is -2.58. The molecule has 0 amide bonds. The summed E-state index contributed by atoms with van der Waals surface area (Å²) in [6, 6.07) is 6.79. The number of piperidine rings is 2. The Morgan fingerprint density at radius 1 is 1.29 bits per heavy atom. The van der Waals surface area contributed by atoms with Crippen LogP contribution in [-0.4, -0.2) is 28.6 Å². The SMILES string of the molecule is CCC[C@@H]1C[C@H]2C[C@H]3c4oc5ccc(O)cc5c4C[C@@H](C)N(C2)C13. The summed E-state index contributed by atoms with van der Waals surface area (Å²) >= 11 is 0. The first-order valence-corrected chi connectivity index (χ1v) is 9.65. The van der Waals surface area contributed by atoms with Crippen LogP contribution in [0.25, 0.3) is 11.0 Å².